The van der Waals surface area contributed by atoms with Crippen molar-refractivity contribution >= 4 is 13.5 Å². The zero-order chi connectivity index (χ0) is 48.2. The molecular weight excluding hydrogens is 797 g/mol. The maximum atomic E-state index is 7.00. The molecule has 0 unspecified atom stereocenters. The van der Waals surface area contributed by atoms with E-state index in [1.165, 1.54) is 0 Å². The van der Waals surface area contributed by atoms with Gasteiger partial charge in [-0.1, -0.05) is 34.6 Å². The molecule has 0 aromatic rings. The second-order valence-electron chi connectivity index (χ2n) is 5.57. The standard InChI is InChI=1S/C10H2.C9H4.C8H6.C7H4.C6H2.C5H4.C4H6.C2H2.HN3.H3N.H2O3.O2.H2O.H2S/c1-3-5-7-9-10-8-6-4-2;1-3-5-7-9-8-6-4-2;1-3-5-7-8-6-4-2;1-3-5-7-6-4-2;1-3-5-6-4-2;1-3-5-4-2;1-3-4-2;1-2;1-3-2;;1-3-2;1-2;;/h1-2H;1H,2H3;1-2H3;1H,2H3;1-2H;1H,2H3;1-2H3;1-2H;1H;1H3;1-2H;;2*1H2. The van der Waals surface area contributed by atoms with Gasteiger partial charge in [0.15, 0.2) is 0 Å². The molecule has 0 aliphatic rings. The smallest absolute Gasteiger partial charge is 0 e. The van der Waals surface area contributed by atoms with Gasteiger partial charge in [-0.25, -0.2) is 10.5 Å². The van der Waals surface area contributed by atoms with Crippen molar-refractivity contribution in [3.63, 3.8) is 0 Å². The monoisotopic (exact) mass is 836 g/mol. The van der Waals surface area contributed by atoms with E-state index >= 15 is 0 Å². The third-order valence-electron chi connectivity index (χ3n) is 2.32. The summed E-state index contributed by atoms with van der Waals surface area (Å²) in [5, 5.41) is 15.5. The van der Waals surface area contributed by atoms with E-state index < -0.39 is 0 Å². The van der Waals surface area contributed by atoms with Crippen molar-refractivity contribution in [1.82, 2.24) is 6.15 Å². The molecule has 10 nitrogen and oxygen atoms in total. The van der Waals surface area contributed by atoms with Crippen LogP contribution in [0.2, 0.25) is 0 Å². The van der Waals surface area contributed by atoms with Crippen molar-refractivity contribution in [2.45, 2.75) is 48.5 Å². The van der Waals surface area contributed by atoms with Crippen LogP contribution in [-0.4, -0.2) is 16.0 Å². The van der Waals surface area contributed by atoms with E-state index in [0.29, 0.717) is 0 Å². The Morgan fingerprint density at radius 2 is 0.500 bits per heavy atom. The molecule has 0 aliphatic heterocycles. The van der Waals surface area contributed by atoms with Crippen LogP contribution in [0.5, 0.6) is 0 Å². The lowest BCUT2D eigenvalue weighted by Crippen LogP contribution is -1.60. The van der Waals surface area contributed by atoms with E-state index in [1.807, 2.05) is 13.8 Å². The minimum absolute atomic E-state index is 0. The Morgan fingerprint density at radius 1 is 0.387 bits per heavy atom. The first-order valence-corrected chi connectivity index (χ1v) is 13.8. The molecule has 0 saturated heterocycles. The number of nitrogens with one attached hydrogen (secondary N) is 1. The molecule has 0 bridgehead atoms. The third kappa shape index (κ3) is 383. The molecule has 11 heteroatoms. The van der Waals surface area contributed by atoms with Crippen molar-refractivity contribution < 1.29 is 21.0 Å². The predicted octanol–water partition coefficient (Wildman–Crippen LogP) is 5.12. The molecule has 0 heterocycles. The third-order valence-corrected chi connectivity index (χ3v) is 2.32. The van der Waals surface area contributed by atoms with E-state index in [9.17, 15) is 0 Å². The minimum atomic E-state index is 0. The van der Waals surface area contributed by atoms with Gasteiger partial charge in [-0.05, 0) is 225 Å². The van der Waals surface area contributed by atoms with E-state index in [4.69, 9.17) is 76.5 Å². The Balaban J connectivity index is -0.0000000350. The number of terminal acetylenes is 8. The first kappa shape index (κ1) is 93.3. The normalized spacial score (nSPS) is 3.23. The van der Waals surface area contributed by atoms with Crippen LogP contribution in [0.15, 0.2) is 0 Å². The Labute approximate surface area is 378 Å². The summed E-state index contributed by atoms with van der Waals surface area (Å²) in [4.78, 5) is 15.8. The van der Waals surface area contributed by atoms with Gasteiger partial charge in [0, 0.05) is 9.93 Å². The summed E-state index contributed by atoms with van der Waals surface area (Å²) >= 11 is 0. The summed E-state index contributed by atoms with van der Waals surface area (Å²) in [6, 6.07) is 0. The highest BCUT2D eigenvalue weighted by Crippen LogP contribution is 1.54. The molecule has 0 spiro atoms. The topological polar surface area (TPSA) is 211 Å². The van der Waals surface area contributed by atoms with Crippen LogP contribution in [0.4, 0.5) is 0 Å². The fourth-order valence-corrected chi connectivity index (χ4v) is 0.851. The van der Waals surface area contributed by atoms with Crippen LogP contribution in [0.1, 0.15) is 48.5 Å². The summed E-state index contributed by atoms with van der Waals surface area (Å²) < 4.78 is 0. The van der Waals surface area contributed by atoms with Crippen molar-refractivity contribution in [1.29, 1.82) is 5.53 Å². The van der Waals surface area contributed by atoms with Gasteiger partial charge in [0.2, 0.25) is 0 Å². The van der Waals surface area contributed by atoms with Gasteiger partial charge < -0.3 is 11.6 Å². The van der Waals surface area contributed by atoms with Gasteiger partial charge in [0.25, 0.3) is 0 Å². The largest absolute Gasteiger partial charge is 0.412 e. The fourth-order valence-electron chi connectivity index (χ4n) is 0.851. The highest BCUT2D eigenvalue weighted by molar-refractivity contribution is 7.59. The van der Waals surface area contributed by atoms with Gasteiger partial charge in [-0.2, -0.15) is 13.5 Å². The quantitative estimate of drug-likeness (QED) is 0.0650. The van der Waals surface area contributed by atoms with Crippen LogP contribution >= 0.6 is 13.5 Å². The summed E-state index contributed by atoms with van der Waals surface area (Å²) in [5.41, 5.74) is 12.2. The van der Waals surface area contributed by atoms with Crippen LogP contribution < -0.4 is 6.15 Å². The molecule has 0 saturated carbocycles. The Kier molecular flexibility index (Phi) is 266. The molecule has 8 N–H and O–H groups in total. The lowest BCUT2D eigenvalue weighted by atomic mass is 10.5. The molecule has 0 rings (SSSR count). The minimum Gasteiger partial charge on any atom is -0.412 e. The molecule has 0 aliphatic carbocycles. The number of hydrogen-bond donors (Lipinski definition) is 4. The Bertz CT molecular complexity index is 2370. The second kappa shape index (κ2) is 177. The zero-order valence-corrected chi connectivity index (χ0v) is 35.9. The first-order chi connectivity index (χ1) is 28.7. The molecule has 0 aromatic heterocycles. The fraction of sp³-hybridized carbons (Fsp3) is 0.137. The van der Waals surface area contributed by atoms with Crippen LogP contribution in [-0.2, 0) is 5.04 Å². The van der Waals surface area contributed by atoms with Crippen LogP contribution in [0.25, 0.3) is 10.4 Å². The Morgan fingerprint density at radius 3 is 0.613 bits per heavy atom. The molecule has 0 amide bonds. The Hall–Kier alpha value is -10.6. The molecule has 0 atom stereocenters. The lowest BCUT2D eigenvalue weighted by molar-refractivity contribution is -0.465. The summed E-state index contributed by atoms with van der Waals surface area (Å²) in [6.07, 6.45) is 41.3. The van der Waals surface area contributed by atoms with Crippen LogP contribution in [0.3, 0.4) is 0 Å². The predicted molar refractivity (Wildman–Crippen MR) is 262 cm³/mol. The SMILES string of the molecule is C#C.C#CC#CC.C#CC#CC#C.C#CC#CC#CC.C#CC#CC#CC#CC.C#CC#CC#CC#CC#C.CC#CC.CC#CC#CC#CC.N.O.O=O.OOO.S.[N-]=[N+]=N. The number of hydrogen-bond acceptors (Lipinski definition) is 7. The number of nitrogens with zero attached hydrogens (tertiary/aromatic N) is 2. The second-order valence-corrected chi connectivity index (χ2v) is 5.57. The number of rotatable bonds is 0. The van der Waals surface area contributed by atoms with E-state index in [-0.39, 0.29) is 25.1 Å². The summed E-state index contributed by atoms with van der Waals surface area (Å²) in [6.45, 7) is 12.3. The van der Waals surface area contributed by atoms with Gasteiger partial charge in [-0.15, -0.1) is 75.2 Å². The maximum absolute atomic E-state index is 7.00. The van der Waals surface area contributed by atoms with E-state index in [0.717, 1.165) is 0 Å². The van der Waals surface area contributed by atoms with Gasteiger partial charge in [-0.3, -0.25) is 0 Å². The highest BCUT2D eigenvalue weighted by Gasteiger charge is 1.53. The molecular formula is C51H40N4O6S. The van der Waals surface area contributed by atoms with E-state index in [1.54, 1.807) is 39.5 Å². The molecule has 0 radical (unpaired) electrons. The summed E-state index contributed by atoms with van der Waals surface area (Å²) in [5.74, 6) is 83.9. The van der Waals surface area contributed by atoms with E-state index in [2.05, 4.69) is 225 Å². The molecule has 0 fully saturated rings. The average Bonchev–Trinajstić information content (AvgIpc) is 3.26. The first-order valence-electron chi connectivity index (χ1n) is 13.8. The van der Waals surface area contributed by atoms with Crippen molar-refractivity contribution in [3.8, 4) is 265 Å². The van der Waals surface area contributed by atoms with Crippen molar-refractivity contribution in [2.75, 3.05) is 0 Å². The zero-order valence-electron chi connectivity index (χ0n) is 34.9. The average molecular weight is 837 g/mol. The lowest BCUT2D eigenvalue weighted by Gasteiger charge is -1.56. The summed E-state index contributed by atoms with van der Waals surface area (Å²) in [7, 11) is 0. The van der Waals surface area contributed by atoms with Gasteiger partial charge in [0.1, 0.15) is 0 Å². The van der Waals surface area contributed by atoms with Crippen LogP contribution in [0, 0.1) is 280 Å². The van der Waals surface area contributed by atoms with Crippen molar-refractivity contribution in [3.05, 3.63) is 20.4 Å². The molecule has 62 heavy (non-hydrogen) atoms. The highest BCUT2D eigenvalue weighted by atomic mass is 32.1. The van der Waals surface area contributed by atoms with Gasteiger partial charge >= 0.3 is 0 Å². The maximum Gasteiger partial charge on any atom is 0 e. The van der Waals surface area contributed by atoms with Crippen molar-refractivity contribution in [2.24, 2.45) is 0 Å². The molecule has 0 aromatic carbocycles. The molecule has 306 valence electrons. The van der Waals surface area contributed by atoms with Gasteiger partial charge in [0.05, 0.1) is 0 Å².